The van der Waals surface area contributed by atoms with Crippen LogP contribution in [0, 0.1) is 0 Å². The van der Waals surface area contributed by atoms with E-state index in [0.717, 1.165) is 19.5 Å². The third-order valence-electron chi connectivity index (χ3n) is 4.08. The minimum atomic E-state index is -0.0439. The first-order valence-corrected chi connectivity index (χ1v) is 7.31. The Morgan fingerprint density at radius 1 is 1.33 bits per heavy atom. The second kappa shape index (κ2) is 7.78. The van der Waals surface area contributed by atoms with Crippen LogP contribution in [0.4, 0.5) is 0 Å². The highest BCUT2D eigenvalue weighted by Crippen LogP contribution is 2.24. The molecule has 0 unspecified atom stereocenters. The quantitative estimate of drug-likeness (QED) is 0.870. The predicted octanol–water partition coefficient (Wildman–Crippen LogP) is 1.71. The van der Waals surface area contributed by atoms with Gasteiger partial charge in [-0.1, -0.05) is 24.3 Å². The van der Waals surface area contributed by atoms with Crippen molar-refractivity contribution in [3.63, 3.8) is 0 Å². The summed E-state index contributed by atoms with van der Waals surface area (Å²) in [6.45, 7) is 7.43. The Bertz CT molecular complexity index is 476. The molecule has 2 rings (SSSR count). The van der Waals surface area contributed by atoms with Crippen molar-refractivity contribution in [3.05, 3.63) is 35.4 Å². The van der Waals surface area contributed by atoms with Crippen LogP contribution >= 0.6 is 12.4 Å². The average molecular weight is 312 g/mol. The minimum absolute atomic E-state index is 0. The summed E-state index contributed by atoms with van der Waals surface area (Å²) in [6.07, 6.45) is 1.48. The normalized spacial score (nSPS) is 15.0. The highest BCUT2D eigenvalue weighted by atomic mass is 35.5. The maximum Gasteiger partial charge on any atom is 0.221 e. The highest BCUT2D eigenvalue weighted by Gasteiger charge is 2.29. The van der Waals surface area contributed by atoms with Crippen LogP contribution in [0.15, 0.2) is 24.3 Å². The van der Waals surface area contributed by atoms with Crippen LogP contribution < -0.4 is 11.1 Å². The summed E-state index contributed by atoms with van der Waals surface area (Å²) in [4.78, 5) is 14.0. The third-order valence-corrected chi connectivity index (χ3v) is 4.08. The van der Waals surface area contributed by atoms with E-state index in [4.69, 9.17) is 5.73 Å². The molecule has 0 bridgehead atoms. The first-order chi connectivity index (χ1) is 9.53. The van der Waals surface area contributed by atoms with E-state index in [1.165, 1.54) is 11.1 Å². The second-order valence-electron chi connectivity index (χ2n) is 6.07. The van der Waals surface area contributed by atoms with Gasteiger partial charge in [-0.15, -0.1) is 12.4 Å². The van der Waals surface area contributed by atoms with Crippen molar-refractivity contribution in [2.75, 3.05) is 19.6 Å². The molecule has 0 atom stereocenters. The molecule has 0 aromatic heterocycles. The fourth-order valence-corrected chi connectivity index (χ4v) is 2.66. The Balaban J connectivity index is 0.00000220. The summed E-state index contributed by atoms with van der Waals surface area (Å²) in [5.41, 5.74) is 8.20. The fourth-order valence-electron chi connectivity index (χ4n) is 2.66. The lowest BCUT2D eigenvalue weighted by Crippen LogP contribution is -2.53. The van der Waals surface area contributed by atoms with E-state index < -0.39 is 0 Å². The number of nitrogens with two attached hydrogens (primary N) is 1. The molecule has 1 amide bonds. The first-order valence-electron chi connectivity index (χ1n) is 7.31. The summed E-state index contributed by atoms with van der Waals surface area (Å²) >= 11 is 0. The topological polar surface area (TPSA) is 58.4 Å². The number of carbonyl (C=O) groups excluding carboxylic acids is 1. The number of halogens is 1. The van der Waals surface area contributed by atoms with Crippen LogP contribution in [0.2, 0.25) is 0 Å². The van der Waals surface area contributed by atoms with E-state index in [9.17, 15) is 4.79 Å². The lowest BCUT2D eigenvalue weighted by atomic mass is 9.94. The smallest absolute Gasteiger partial charge is 0.221 e. The Labute approximate surface area is 133 Å². The summed E-state index contributed by atoms with van der Waals surface area (Å²) in [5.74, 6) is 0.0398. The molecule has 0 saturated heterocycles. The van der Waals surface area contributed by atoms with Gasteiger partial charge in [0.25, 0.3) is 0 Å². The van der Waals surface area contributed by atoms with Gasteiger partial charge in [0.05, 0.1) is 0 Å². The van der Waals surface area contributed by atoms with Gasteiger partial charge in [0.2, 0.25) is 5.91 Å². The Kier molecular flexibility index (Phi) is 6.65. The molecular weight excluding hydrogens is 286 g/mol. The Hall–Kier alpha value is -1.10. The van der Waals surface area contributed by atoms with Crippen LogP contribution in [-0.4, -0.2) is 36.0 Å². The molecule has 0 spiro atoms. The first kappa shape index (κ1) is 18.0. The molecule has 0 radical (unpaired) electrons. The zero-order valence-corrected chi connectivity index (χ0v) is 13.7. The summed E-state index contributed by atoms with van der Waals surface area (Å²) in [5, 5.41) is 2.98. The molecule has 3 N–H and O–H groups in total. The molecule has 1 aliphatic heterocycles. The predicted molar refractivity (Wildman–Crippen MR) is 88.6 cm³/mol. The standard InChI is InChI=1S/C16H25N3O.ClH/c1-16(2,12-18-15(20)7-9-17)19-10-8-13-5-3-4-6-14(13)11-19;/h3-6H,7-12,17H2,1-2H3,(H,18,20);1H. The number of hydrogen-bond donors (Lipinski definition) is 2. The van der Waals surface area contributed by atoms with Crippen molar-refractivity contribution in [2.24, 2.45) is 5.73 Å². The van der Waals surface area contributed by atoms with Crippen LogP contribution in [0.3, 0.4) is 0 Å². The number of hydrogen-bond acceptors (Lipinski definition) is 3. The molecular formula is C16H26ClN3O. The van der Waals surface area contributed by atoms with Gasteiger partial charge in [0.1, 0.15) is 0 Å². The summed E-state index contributed by atoms with van der Waals surface area (Å²) in [6, 6.07) is 8.61. The van der Waals surface area contributed by atoms with Gasteiger partial charge in [0.15, 0.2) is 0 Å². The van der Waals surface area contributed by atoms with Crippen LogP contribution in [0.1, 0.15) is 31.4 Å². The molecule has 4 nitrogen and oxygen atoms in total. The molecule has 0 saturated carbocycles. The number of fused-ring (bicyclic) bond motifs is 1. The van der Waals surface area contributed by atoms with E-state index in [0.29, 0.717) is 19.5 Å². The number of nitrogens with one attached hydrogen (secondary N) is 1. The maximum atomic E-state index is 11.6. The number of benzene rings is 1. The average Bonchev–Trinajstić information content (AvgIpc) is 2.45. The number of carbonyl (C=O) groups is 1. The van der Waals surface area contributed by atoms with Gasteiger partial charge in [-0.05, 0) is 31.4 Å². The molecule has 118 valence electrons. The largest absolute Gasteiger partial charge is 0.354 e. The van der Waals surface area contributed by atoms with E-state index in [1.54, 1.807) is 0 Å². The SMILES string of the molecule is CC(C)(CNC(=O)CCN)N1CCc2ccccc2C1.Cl. The second-order valence-corrected chi connectivity index (χ2v) is 6.07. The van der Waals surface area contributed by atoms with Gasteiger partial charge in [-0.2, -0.15) is 0 Å². The van der Waals surface area contributed by atoms with Crippen LogP contribution in [0.25, 0.3) is 0 Å². The van der Waals surface area contributed by atoms with Gasteiger partial charge >= 0.3 is 0 Å². The third kappa shape index (κ3) is 4.70. The van der Waals surface area contributed by atoms with E-state index in [2.05, 4.69) is 48.3 Å². The summed E-state index contributed by atoms with van der Waals surface area (Å²) < 4.78 is 0. The van der Waals surface area contributed by atoms with Gasteiger partial charge in [-0.3, -0.25) is 9.69 Å². The summed E-state index contributed by atoms with van der Waals surface area (Å²) in [7, 11) is 0. The molecule has 5 heteroatoms. The van der Waals surface area contributed by atoms with Crippen LogP contribution in [0.5, 0.6) is 0 Å². The molecule has 0 aliphatic carbocycles. The Morgan fingerprint density at radius 2 is 2.00 bits per heavy atom. The lowest BCUT2D eigenvalue weighted by molar-refractivity contribution is -0.121. The number of amides is 1. The minimum Gasteiger partial charge on any atom is -0.354 e. The molecule has 21 heavy (non-hydrogen) atoms. The lowest BCUT2D eigenvalue weighted by Gasteiger charge is -2.41. The van der Waals surface area contributed by atoms with E-state index in [-0.39, 0.29) is 23.9 Å². The fraction of sp³-hybridized carbons (Fsp3) is 0.562. The monoisotopic (exact) mass is 311 g/mol. The molecule has 1 heterocycles. The number of nitrogens with zero attached hydrogens (tertiary/aromatic N) is 1. The van der Waals surface area contributed by atoms with Crippen molar-refractivity contribution in [1.29, 1.82) is 0 Å². The van der Waals surface area contributed by atoms with Gasteiger partial charge in [-0.25, -0.2) is 0 Å². The van der Waals surface area contributed by atoms with E-state index >= 15 is 0 Å². The molecule has 1 aromatic rings. The van der Waals surface area contributed by atoms with E-state index in [1.807, 2.05) is 0 Å². The maximum absolute atomic E-state index is 11.6. The van der Waals surface area contributed by atoms with Crippen molar-refractivity contribution in [2.45, 2.75) is 38.8 Å². The highest BCUT2D eigenvalue weighted by molar-refractivity contribution is 5.85. The van der Waals surface area contributed by atoms with Crippen molar-refractivity contribution in [3.8, 4) is 0 Å². The molecule has 1 aliphatic rings. The molecule has 0 fully saturated rings. The van der Waals surface area contributed by atoms with Crippen LogP contribution in [-0.2, 0) is 17.8 Å². The van der Waals surface area contributed by atoms with Crippen molar-refractivity contribution >= 4 is 18.3 Å². The van der Waals surface area contributed by atoms with Crippen molar-refractivity contribution in [1.82, 2.24) is 10.2 Å². The zero-order valence-electron chi connectivity index (χ0n) is 12.9. The van der Waals surface area contributed by atoms with Gasteiger partial charge < -0.3 is 11.1 Å². The van der Waals surface area contributed by atoms with Gasteiger partial charge in [0, 0.05) is 38.1 Å². The molecule has 1 aromatic carbocycles. The zero-order chi connectivity index (χ0) is 14.6. The number of rotatable bonds is 5. The van der Waals surface area contributed by atoms with Crippen molar-refractivity contribution < 1.29 is 4.79 Å². The Morgan fingerprint density at radius 3 is 2.67 bits per heavy atom.